The Morgan fingerprint density at radius 1 is 0.967 bits per heavy atom. The van der Waals surface area contributed by atoms with E-state index in [1.807, 2.05) is 19.1 Å². The third-order valence-corrected chi connectivity index (χ3v) is 6.82. The van der Waals surface area contributed by atoms with Crippen LogP contribution >= 0.6 is 0 Å². The molecule has 3 rings (SSSR count). The number of carbonyl (C=O) groups excluding carboxylic acids is 1. The molecule has 2 aromatic rings. The molecule has 0 unspecified atom stereocenters. The molecule has 1 fully saturated rings. The topological polar surface area (TPSA) is 66.9 Å². The number of hydrogen-bond donors (Lipinski definition) is 0. The van der Waals surface area contributed by atoms with Crippen molar-refractivity contribution < 1.29 is 31.1 Å². The first-order valence-corrected chi connectivity index (χ1v) is 10.8. The van der Waals surface area contributed by atoms with E-state index in [0.29, 0.717) is 17.9 Å². The molecular formula is C20H21F3N2O4S. The summed E-state index contributed by atoms with van der Waals surface area (Å²) in [5.41, 5.74) is 1.14. The van der Waals surface area contributed by atoms with E-state index in [4.69, 9.17) is 4.74 Å². The maximum absolute atomic E-state index is 13.9. The smallest absolute Gasteiger partial charge is 0.260 e. The van der Waals surface area contributed by atoms with Crippen LogP contribution in [-0.2, 0) is 21.2 Å². The molecule has 0 spiro atoms. The van der Waals surface area contributed by atoms with Crippen molar-refractivity contribution in [3.63, 3.8) is 0 Å². The van der Waals surface area contributed by atoms with Gasteiger partial charge in [0, 0.05) is 26.2 Å². The highest BCUT2D eigenvalue weighted by molar-refractivity contribution is 7.89. The third-order valence-electron chi connectivity index (χ3n) is 4.90. The van der Waals surface area contributed by atoms with Crippen molar-refractivity contribution in [1.29, 1.82) is 0 Å². The number of aryl methyl sites for hydroxylation is 1. The maximum Gasteiger partial charge on any atom is 0.260 e. The van der Waals surface area contributed by atoms with Crippen molar-refractivity contribution in [1.82, 2.24) is 9.21 Å². The van der Waals surface area contributed by atoms with Crippen LogP contribution in [0.1, 0.15) is 12.5 Å². The summed E-state index contributed by atoms with van der Waals surface area (Å²) < 4.78 is 72.0. The fourth-order valence-electron chi connectivity index (χ4n) is 3.08. The van der Waals surface area contributed by atoms with Crippen molar-refractivity contribution in [3.05, 3.63) is 59.4 Å². The lowest BCUT2D eigenvalue weighted by Crippen LogP contribution is -2.51. The average Bonchev–Trinajstić information content (AvgIpc) is 2.76. The number of ether oxygens (including phenoxy) is 1. The summed E-state index contributed by atoms with van der Waals surface area (Å²) in [7, 11) is -4.36. The summed E-state index contributed by atoms with van der Waals surface area (Å²) in [4.78, 5) is 12.8. The third kappa shape index (κ3) is 4.59. The van der Waals surface area contributed by atoms with Gasteiger partial charge in [0.2, 0.25) is 10.0 Å². The Balaban J connectivity index is 1.58. The van der Waals surface area contributed by atoms with Gasteiger partial charge >= 0.3 is 0 Å². The van der Waals surface area contributed by atoms with Gasteiger partial charge in [-0.2, -0.15) is 4.31 Å². The summed E-state index contributed by atoms with van der Waals surface area (Å²) in [6.45, 7) is 1.77. The summed E-state index contributed by atoms with van der Waals surface area (Å²) in [6.07, 6.45) is 0.890. The molecule has 1 aliphatic rings. The van der Waals surface area contributed by atoms with Gasteiger partial charge in [0.05, 0.1) is 0 Å². The number of rotatable bonds is 6. The zero-order valence-electron chi connectivity index (χ0n) is 16.3. The van der Waals surface area contributed by atoms with Crippen molar-refractivity contribution in [2.24, 2.45) is 0 Å². The van der Waals surface area contributed by atoms with E-state index in [1.165, 1.54) is 4.90 Å². The van der Waals surface area contributed by atoms with E-state index in [-0.39, 0.29) is 38.7 Å². The largest absolute Gasteiger partial charge is 0.484 e. The molecule has 0 N–H and O–H groups in total. The molecule has 6 nitrogen and oxygen atoms in total. The molecule has 2 aromatic carbocycles. The van der Waals surface area contributed by atoms with Crippen LogP contribution in [0.3, 0.4) is 0 Å². The van der Waals surface area contributed by atoms with Gasteiger partial charge in [-0.25, -0.2) is 21.6 Å². The number of hydrogen-bond acceptors (Lipinski definition) is 4. The van der Waals surface area contributed by atoms with Crippen molar-refractivity contribution in [2.45, 2.75) is 18.2 Å². The molecule has 0 aromatic heterocycles. The van der Waals surface area contributed by atoms with E-state index >= 15 is 0 Å². The number of halogens is 3. The van der Waals surface area contributed by atoms with Crippen molar-refractivity contribution in [3.8, 4) is 5.75 Å². The lowest BCUT2D eigenvalue weighted by molar-refractivity contribution is -0.134. The zero-order valence-corrected chi connectivity index (χ0v) is 17.1. The van der Waals surface area contributed by atoms with E-state index in [1.54, 1.807) is 12.1 Å². The first-order chi connectivity index (χ1) is 14.2. The molecule has 0 radical (unpaired) electrons. The molecule has 0 bridgehead atoms. The Kier molecular flexibility index (Phi) is 6.67. The van der Waals surface area contributed by atoms with E-state index in [0.717, 1.165) is 16.3 Å². The summed E-state index contributed by atoms with van der Waals surface area (Å²) in [6, 6.07) is 8.61. The normalized spacial score (nSPS) is 15.3. The lowest BCUT2D eigenvalue weighted by Gasteiger charge is -2.34. The molecular weight excluding hydrogens is 421 g/mol. The second-order valence-corrected chi connectivity index (χ2v) is 8.65. The molecule has 0 aliphatic carbocycles. The summed E-state index contributed by atoms with van der Waals surface area (Å²) in [5.74, 6) is -4.82. The SMILES string of the molecule is CCc1ccc(OCC(=O)N2CCN(S(=O)(=O)c3ccc(F)c(F)c3F)CC2)cc1. The zero-order chi connectivity index (χ0) is 21.9. The van der Waals surface area contributed by atoms with Crippen LogP contribution in [0.2, 0.25) is 0 Å². The van der Waals surface area contributed by atoms with Gasteiger partial charge in [0.15, 0.2) is 24.1 Å². The Hall–Kier alpha value is -2.59. The molecule has 1 heterocycles. The van der Waals surface area contributed by atoms with Crippen LogP contribution in [0.5, 0.6) is 5.75 Å². The van der Waals surface area contributed by atoms with Gasteiger partial charge < -0.3 is 9.64 Å². The minimum Gasteiger partial charge on any atom is -0.484 e. The monoisotopic (exact) mass is 442 g/mol. The quantitative estimate of drug-likeness (QED) is 0.645. The Labute approximate surface area is 172 Å². The highest BCUT2D eigenvalue weighted by atomic mass is 32.2. The fourth-order valence-corrected chi connectivity index (χ4v) is 4.56. The number of benzene rings is 2. The van der Waals surface area contributed by atoms with Gasteiger partial charge in [-0.3, -0.25) is 4.79 Å². The number of sulfonamides is 1. The first kappa shape index (κ1) is 22.1. The van der Waals surface area contributed by atoms with Crippen molar-refractivity contribution >= 4 is 15.9 Å². The molecule has 30 heavy (non-hydrogen) atoms. The number of carbonyl (C=O) groups is 1. The molecule has 0 atom stereocenters. The summed E-state index contributed by atoms with van der Waals surface area (Å²) in [5, 5.41) is 0. The second-order valence-electron chi connectivity index (χ2n) is 6.74. The molecule has 162 valence electrons. The lowest BCUT2D eigenvalue weighted by atomic mass is 10.2. The number of amides is 1. The number of piperazine rings is 1. The van der Waals surface area contributed by atoms with Crippen LogP contribution in [-0.4, -0.2) is 56.3 Å². The molecule has 0 saturated carbocycles. The van der Waals surface area contributed by atoms with Crippen molar-refractivity contribution in [2.75, 3.05) is 32.8 Å². The van der Waals surface area contributed by atoms with Crippen LogP contribution < -0.4 is 4.74 Å². The standard InChI is InChI=1S/C20H21F3N2O4S/c1-2-14-3-5-15(6-4-14)29-13-18(26)24-9-11-25(12-10-24)30(27,28)17-8-7-16(21)19(22)20(17)23/h3-8H,2,9-13H2,1H3. The highest BCUT2D eigenvalue weighted by Gasteiger charge is 2.33. The molecule has 1 amide bonds. The van der Waals surface area contributed by atoms with E-state index < -0.39 is 32.4 Å². The Morgan fingerprint density at radius 2 is 1.60 bits per heavy atom. The maximum atomic E-state index is 13.9. The fraction of sp³-hybridized carbons (Fsp3) is 0.350. The predicted molar refractivity (Wildman–Crippen MR) is 103 cm³/mol. The van der Waals surface area contributed by atoms with E-state index in [9.17, 15) is 26.4 Å². The predicted octanol–water partition coefficient (Wildman–Crippen LogP) is 2.58. The minimum absolute atomic E-state index is 0.0709. The molecule has 1 aliphatic heterocycles. The van der Waals surface area contributed by atoms with Gasteiger partial charge in [0.25, 0.3) is 5.91 Å². The Morgan fingerprint density at radius 3 is 2.20 bits per heavy atom. The average molecular weight is 442 g/mol. The van der Waals surface area contributed by atoms with Crippen LogP contribution in [0.25, 0.3) is 0 Å². The Bertz CT molecular complexity index is 1020. The highest BCUT2D eigenvalue weighted by Crippen LogP contribution is 2.24. The van der Waals surface area contributed by atoms with Gasteiger partial charge in [-0.15, -0.1) is 0 Å². The van der Waals surface area contributed by atoms with Crippen LogP contribution in [0, 0.1) is 17.5 Å². The van der Waals surface area contributed by atoms with E-state index in [2.05, 4.69) is 0 Å². The van der Waals surface area contributed by atoms with Crippen LogP contribution in [0.15, 0.2) is 41.3 Å². The number of nitrogens with zero attached hydrogens (tertiary/aromatic N) is 2. The molecule has 10 heteroatoms. The second kappa shape index (κ2) is 9.05. The van der Waals surface area contributed by atoms with Gasteiger partial charge in [-0.1, -0.05) is 19.1 Å². The van der Waals surface area contributed by atoms with Gasteiger partial charge in [-0.05, 0) is 36.2 Å². The molecule has 1 saturated heterocycles. The van der Waals surface area contributed by atoms with Gasteiger partial charge in [0.1, 0.15) is 10.6 Å². The minimum atomic E-state index is -4.36. The first-order valence-electron chi connectivity index (χ1n) is 9.37. The summed E-state index contributed by atoms with van der Waals surface area (Å²) >= 11 is 0. The van der Waals surface area contributed by atoms with Crippen LogP contribution in [0.4, 0.5) is 13.2 Å².